The van der Waals surface area contributed by atoms with Gasteiger partial charge in [-0.1, -0.05) is 25.5 Å². The SMILES string of the molecule is CC[C@H]1CC[C@@H](C)N(C(=O)c2cccc(CN3CCS(=O)(=O)CC3)c2)C1. The summed E-state index contributed by atoms with van der Waals surface area (Å²) in [5, 5.41) is 0. The smallest absolute Gasteiger partial charge is 0.254 e. The minimum absolute atomic E-state index is 0.124. The van der Waals surface area contributed by atoms with Crippen LogP contribution in [0.1, 0.15) is 49.0 Å². The maximum absolute atomic E-state index is 13.0. The molecular weight excluding hydrogens is 348 g/mol. The average molecular weight is 379 g/mol. The molecule has 2 aliphatic heterocycles. The van der Waals surface area contributed by atoms with Crippen LogP contribution in [-0.4, -0.2) is 61.3 Å². The van der Waals surface area contributed by atoms with E-state index in [9.17, 15) is 13.2 Å². The summed E-state index contributed by atoms with van der Waals surface area (Å²) in [6, 6.07) is 8.13. The predicted octanol–water partition coefficient (Wildman–Crippen LogP) is 2.57. The molecule has 2 fully saturated rings. The zero-order valence-electron chi connectivity index (χ0n) is 15.9. The molecule has 0 radical (unpaired) electrons. The largest absolute Gasteiger partial charge is 0.336 e. The van der Waals surface area contributed by atoms with E-state index in [1.54, 1.807) is 0 Å². The minimum atomic E-state index is -2.86. The molecule has 0 bridgehead atoms. The summed E-state index contributed by atoms with van der Waals surface area (Å²) in [6.07, 6.45) is 3.40. The topological polar surface area (TPSA) is 57.7 Å². The average Bonchev–Trinajstić information content (AvgIpc) is 2.63. The first-order valence-corrected chi connectivity index (χ1v) is 11.5. The Morgan fingerprint density at radius 1 is 1.19 bits per heavy atom. The fraction of sp³-hybridized carbons (Fsp3) is 0.650. The fourth-order valence-electron chi connectivity index (χ4n) is 3.93. The number of hydrogen-bond donors (Lipinski definition) is 0. The van der Waals surface area contributed by atoms with E-state index in [2.05, 4.69) is 18.7 Å². The Balaban J connectivity index is 1.67. The summed E-state index contributed by atoms with van der Waals surface area (Å²) in [7, 11) is -2.86. The number of piperidine rings is 1. The second-order valence-electron chi connectivity index (χ2n) is 7.79. The number of benzene rings is 1. The summed E-state index contributed by atoms with van der Waals surface area (Å²) in [6.45, 7) is 7.03. The second kappa shape index (κ2) is 8.09. The number of nitrogens with zero attached hydrogens (tertiary/aromatic N) is 2. The first-order chi connectivity index (χ1) is 12.4. The van der Waals surface area contributed by atoms with Crippen molar-refractivity contribution in [3.8, 4) is 0 Å². The van der Waals surface area contributed by atoms with Gasteiger partial charge < -0.3 is 4.90 Å². The molecule has 0 unspecified atom stereocenters. The zero-order valence-corrected chi connectivity index (χ0v) is 16.7. The van der Waals surface area contributed by atoms with E-state index in [4.69, 9.17) is 0 Å². The normalized spacial score (nSPS) is 26.6. The lowest BCUT2D eigenvalue weighted by Gasteiger charge is -2.38. The van der Waals surface area contributed by atoms with Gasteiger partial charge in [0.05, 0.1) is 11.5 Å². The van der Waals surface area contributed by atoms with E-state index in [1.807, 2.05) is 29.2 Å². The molecule has 26 heavy (non-hydrogen) atoms. The van der Waals surface area contributed by atoms with Crippen molar-refractivity contribution < 1.29 is 13.2 Å². The van der Waals surface area contributed by atoms with Gasteiger partial charge in [0.2, 0.25) is 0 Å². The highest BCUT2D eigenvalue weighted by Crippen LogP contribution is 2.26. The first kappa shape index (κ1) is 19.4. The zero-order chi connectivity index (χ0) is 18.7. The van der Waals surface area contributed by atoms with Gasteiger partial charge in [-0.3, -0.25) is 9.69 Å². The van der Waals surface area contributed by atoms with E-state index < -0.39 is 9.84 Å². The van der Waals surface area contributed by atoms with Gasteiger partial charge in [0, 0.05) is 37.8 Å². The summed E-state index contributed by atoms with van der Waals surface area (Å²) >= 11 is 0. The Morgan fingerprint density at radius 2 is 1.92 bits per heavy atom. The Hall–Kier alpha value is -1.40. The van der Waals surface area contributed by atoms with Crippen molar-refractivity contribution in [2.75, 3.05) is 31.1 Å². The lowest BCUT2D eigenvalue weighted by Crippen LogP contribution is -2.45. The van der Waals surface area contributed by atoms with E-state index in [0.717, 1.165) is 30.5 Å². The third-order valence-electron chi connectivity index (χ3n) is 5.84. The highest BCUT2D eigenvalue weighted by Gasteiger charge is 2.29. The van der Waals surface area contributed by atoms with Crippen LogP contribution in [-0.2, 0) is 16.4 Å². The van der Waals surface area contributed by atoms with Gasteiger partial charge in [-0.15, -0.1) is 0 Å². The van der Waals surface area contributed by atoms with Gasteiger partial charge in [-0.05, 0) is 43.4 Å². The van der Waals surface area contributed by atoms with Crippen LogP contribution < -0.4 is 0 Å². The Kier molecular flexibility index (Phi) is 6.03. The van der Waals surface area contributed by atoms with Crippen molar-refractivity contribution in [3.05, 3.63) is 35.4 Å². The molecule has 0 aliphatic carbocycles. The Morgan fingerprint density at radius 3 is 2.62 bits per heavy atom. The highest BCUT2D eigenvalue weighted by molar-refractivity contribution is 7.91. The van der Waals surface area contributed by atoms with Crippen molar-refractivity contribution in [2.45, 2.75) is 45.7 Å². The van der Waals surface area contributed by atoms with E-state index in [-0.39, 0.29) is 17.4 Å². The van der Waals surface area contributed by atoms with E-state index in [0.29, 0.717) is 31.6 Å². The maximum atomic E-state index is 13.0. The number of hydrogen-bond acceptors (Lipinski definition) is 4. The molecule has 1 amide bonds. The summed E-state index contributed by atoms with van der Waals surface area (Å²) in [4.78, 5) is 17.2. The predicted molar refractivity (Wildman–Crippen MR) is 104 cm³/mol. The summed E-state index contributed by atoms with van der Waals surface area (Å²) < 4.78 is 23.1. The lowest BCUT2D eigenvalue weighted by atomic mass is 9.91. The Bertz CT molecular complexity index is 733. The second-order valence-corrected chi connectivity index (χ2v) is 10.1. The lowest BCUT2D eigenvalue weighted by molar-refractivity contribution is 0.0556. The van der Waals surface area contributed by atoms with Crippen molar-refractivity contribution in [2.24, 2.45) is 5.92 Å². The van der Waals surface area contributed by atoms with Crippen LogP contribution in [0, 0.1) is 5.92 Å². The molecule has 0 spiro atoms. The highest BCUT2D eigenvalue weighted by atomic mass is 32.2. The Labute approximate surface area is 157 Å². The van der Waals surface area contributed by atoms with Gasteiger partial charge in [0.15, 0.2) is 9.84 Å². The summed E-state index contributed by atoms with van der Waals surface area (Å²) in [5.74, 6) is 1.19. The monoisotopic (exact) mass is 378 g/mol. The van der Waals surface area contributed by atoms with Crippen molar-refractivity contribution in [1.82, 2.24) is 9.80 Å². The number of carbonyl (C=O) groups is 1. The van der Waals surface area contributed by atoms with Gasteiger partial charge in [-0.2, -0.15) is 0 Å². The van der Waals surface area contributed by atoms with Gasteiger partial charge in [0.25, 0.3) is 5.91 Å². The molecule has 2 aliphatic rings. The van der Waals surface area contributed by atoms with E-state index in [1.165, 1.54) is 6.42 Å². The number of amides is 1. The third-order valence-corrected chi connectivity index (χ3v) is 7.44. The maximum Gasteiger partial charge on any atom is 0.254 e. The molecule has 2 atom stereocenters. The van der Waals surface area contributed by atoms with Crippen LogP contribution in [0.3, 0.4) is 0 Å². The third kappa shape index (κ3) is 4.65. The summed E-state index contributed by atoms with van der Waals surface area (Å²) in [5.41, 5.74) is 1.82. The standard InChI is InChI=1S/C20H30N2O3S/c1-3-17-8-7-16(2)22(15-17)20(23)19-6-4-5-18(13-19)14-21-9-11-26(24,25)12-10-21/h4-6,13,16-17H,3,7-12,14-15H2,1-2H3/t16-,17+/m1/s1. The van der Waals surface area contributed by atoms with Crippen LogP contribution in [0.2, 0.25) is 0 Å². The molecule has 2 heterocycles. The van der Waals surface area contributed by atoms with Gasteiger partial charge in [0.1, 0.15) is 0 Å². The fourth-order valence-corrected chi connectivity index (χ4v) is 5.21. The number of sulfone groups is 1. The van der Waals surface area contributed by atoms with Crippen molar-refractivity contribution in [3.63, 3.8) is 0 Å². The van der Waals surface area contributed by atoms with Crippen molar-refractivity contribution in [1.29, 1.82) is 0 Å². The molecule has 1 aromatic carbocycles. The molecule has 0 saturated carbocycles. The quantitative estimate of drug-likeness (QED) is 0.808. The van der Waals surface area contributed by atoms with Crippen LogP contribution in [0.25, 0.3) is 0 Å². The van der Waals surface area contributed by atoms with Crippen LogP contribution in [0.15, 0.2) is 24.3 Å². The molecule has 0 N–H and O–H groups in total. The van der Waals surface area contributed by atoms with Crippen LogP contribution in [0.5, 0.6) is 0 Å². The molecule has 1 aromatic rings. The molecule has 3 rings (SSSR count). The molecule has 144 valence electrons. The van der Waals surface area contributed by atoms with Crippen LogP contribution >= 0.6 is 0 Å². The van der Waals surface area contributed by atoms with Crippen molar-refractivity contribution >= 4 is 15.7 Å². The number of likely N-dealkylation sites (tertiary alicyclic amines) is 1. The molecule has 6 heteroatoms. The molecule has 2 saturated heterocycles. The van der Waals surface area contributed by atoms with E-state index >= 15 is 0 Å². The van der Waals surface area contributed by atoms with Gasteiger partial charge >= 0.3 is 0 Å². The molecule has 5 nitrogen and oxygen atoms in total. The number of carbonyl (C=O) groups excluding carboxylic acids is 1. The molecule has 0 aromatic heterocycles. The first-order valence-electron chi connectivity index (χ1n) is 9.70. The molecular formula is C20H30N2O3S. The minimum Gasteiger partial charge on any atom is -0.336 e. The number of rotatable bonds is 4. The van der Waals surface area contributed by atoms with Crippen LogP contribution in [0.4, 0.5) is 0 Å². The van der Waals surface area contributed by atoms with Gasteiger partial charge in [-0.25, -0.2) is 8.42 Å².